The first-order valence-corrected chi connectivity index (χ1v) is 6.41. The van der Waals surface area contributed by atoms with E-state index < -0.39 is 0 Å². The lowest BCUT2D eigenvalue weighted by Gasteiger charge is -2.10. The Morgan fingerprint density at radius 1 is 0.950 bits per heavy atom. The van der Waals surface area contributed by atoms with Gasteiger partial charge in [-0.2, -0.15) is 0 Å². The molecule has 0 aromatic heterocycles. The van der Waals surface area contributed by atoms with Gasteiger partial charge >= 0.3 is 5.97 Å². The molecule has 1 unspecified atom stereocenters. The fourth-order valence-corrected chi connectivity index (χ4v) is 2.02. The Morgan fingerprint density at radius 3 is 2.25 bits per heavy atom. The van der Waals surface area contributed by atoms with Crippen LogP contribution in [-0.4, -0.2) is 18.9 Å². The predicted molar refractivity (Wildman–Crippen MR) is 76.7 cm³/mol. The van der Waals surface area contributed by atoms with Crippen LogP contribution in [0.2, 0.25) is 0 Å². The van der Waals surface area contributed by atoms with E-state index in [1.54, 1.807) is 37.3 Å². The molecule has 0 bridgehead atoms. The SMILES string of the molecule is COC(=O)C(C)c1cccc(C(=O)c2ccccc2)c1. The summed E-state index contributed by atoms with van der Waals surface area (Å²) in [5, 5.41) is 0. The van der Waals surface area contributed by atoms with Crippen LogP contribution < -0.4 is 0 Å². The molecule has 1 atom stereocenters. The zero-order valence-electron chi connectivity index (χ0n) is 11.5. The van der Waals surface area contributed by atoms with Gasteiger partial charge in [0.2, 0.25) is 0 Å². The lowest BCUT2D eigenvalue weighted by molar-refractivity contribution is -0.141. The molecule has 2 aromatic carbocycles. The molecule has 102 valence electrons. The first-order valence-electron chi connectivity index (χ1n) is 6.41. The number of esters is 1. The fraction of sp³-hybridized carbons (Fsp3) is 0.176. The van der Waals surface area contributed by atoms with Gasteiger partial charge in [0.15, 0.2) is 5.78 Å². The predicted octanol–water partition coefficient (Wildman–Crippen LogP) is 3.19. The maximum Gasteiger partial charge on any atom is 0.312 e. The Bertz CT molecular complexity index is 617. The van der Waals surface area contributed by atoms with Crippen LogP contribution in [-0.2, 0) is 9.53 Å². The minimum absolute atomic E-state index is 0.0514. The summed E-state index contributed by atoms with van der Waals surface area (Å²) in [7, 11) is 1.36. The van der Waals surface area contributed by atoms with Gasteiger partial charge in [-0.15, -0.1) is 0 Å². The molecule has 20 heavy (non-hydrogen) atoms. The molecule has 0 heterocycles. The van der Waals surface area contributed by atoms with E-state index in [1.807, 2.05) is 24.3 Å². The molecule has 2 aromatic rings. The van der Waals surface area contributed by atoms with Crippen LogP contribution in [0.25, 0.3) is 0 Å². The zero-order chi connectivity index (χ0) is 14.5. The summed E-state index contributed by atoms with van der Waals surface area (Å²) in [4.78, 5) is 23.9. The summed E-state index contributed by atoms with van der Waals surface area (Å²) in [5.41, 5.74) is 1.98. The standard InChI is InChI=1S/C17H16O3/c1-12(17(19)20-2)14-9-6-10-15(11-14)16(18)13-7-4-3-5-8-13/h3-12H,1-2H3. The van der Waals surface area contributed by atoms with Gasteiger partial charge in [-0.25, -0.2) is 0 Å². The van der Waals surface area contributed by atoms with Gasteiger partial charge in [-0.3, -0.25) is 9.59 Å². The second-order valence-electron chi connectivity index (χ2n) is 4.57. The number of methoxy groups -OCH3 is 1. The fourth-order valence-electron chi connectivity index (χ4n) is 2.02. The maximum absolute atomic E-state index is 12.3. The highest BCUT2D eigenvalue weighted by atomic mass is 16.5. The zero-order valence-corrected chi connectivity index (χ0v) is 11.5. The van der Waals surface area contributed by atoms with Gasteiger partial charge in [0, 0.05) is 11.1 Å². The number of carbonyl (C=O) groups is 2. The third-order valence-corrected chi connectivity index (χ3v) is 3.24. The van der Waals surface area contributed by atoms with Crippen LogP contribution in [0, 0.1) is 0 Å². The molecule has 2 rings (SSSR count). The monoisotopic (exact) mass is 268 g/mol. The highest BCUT2D eigenvalue weighted by Gasteiger charge is 2.17. The Kier molecular flexibility index (Phi) is 4.31. The molecular weight excluding hydrogens is 252 g/mol. The average Bonchev–Trinajstić information content (AvgIpc) is 2.53. The van der Waals surface area contributed by atoms with Gasteiger partial charge in [0.1, 0.15) is 0 Å². The Morgan fingerprint density at radius 2 is 1.60 bits per heavy atom. The van der Waals surface area contributed by atoms with Crippen LogP contribution in [0.5, 0.6) is 0 Å². The van der Waals surface area contributed by atoms with Crippen LogP contribution in [0.4, 0.5) is 0 Å². The van der Waals surface area contributed by atoms with Crippen molar-refractivity contribution in [3.05, 3.63) is 71.3 Å². The molecule has 0 saturated heterocycles. The smallest absolute Gasteiger partial charge is 0.312 e. The van der Waals surface area contributed by atoms with Crippen molar-refractivity contribution >= 4 is 11.8 Å². The second kappa shape index (κ2) is 6.15. The van der Waals surface area contributed by atoms with Gasteiger partial charge in [-0.1, -0.05) is 48.5 Å². The van der Waals surface area contributed by atoms with E-state index in [1.165, 1.54) is 7.11 Å². The molecule has 0 aliphatic heterocycles. The summed E-state index contributed by atoms with van der Waals surface area (Å²) >= 11 is 0. The molecule has 3 nitrogen and oxygen atoms in total. The molecule has 0 amide bonds. The minimum Gasteiger partial charge on any atom is -0.469 e. The number of hydrogen-bond acceptors (Lipinski definition) is 3. The number of ketones is 1. The Labute approximate surface area is 118 Å². The van der Waals surface area contributed by atoms with Crippen molar-refractivity contribution in [2.45, 2.75) is 12.8 Å². The quantitative estimate of drug-likeness (QED) is 0.631. The van der Waals surface area contributed by atoms with E-state index in [2.05, 4.69) is 0 Å². The van der Waals surface area contributed by atoms with Crippen molar-refractivity contribution < 1.29 is 14.3 Å². The molecule has 0 fully saturated rings. The largest absolute Gasteiger partial charge is 0.469 e. The maximum atomic E-state index is 12.3. The number of carbonyl (C=O) groups excluding carboxylic acids is 2. The van der Waals surface area contributed by atoms with Gasteiger partial charge < -0.3 is 4.74 Å². The van der Waals surface area contributed by atoms with Gasteiger partial charge in [0.05, 0.1) is 13.0 Å². The third kappa shape index (κ3) is 2.94. The summed E-state index contributed by atoms with van der Waals surface area (Å²) in [6.07, 6.45) is 0. The number of benzene rings is 2. The minimum atomic E-state index is -0.386. The highest BCUT2D eigenvalue weighted by molar-refractivity contribution is 6.09. The molecule has 0 radical (unpaired) electrons. The summed E-state index contributed by atoms with van der Waals surface area (Å²) in [6.45, 7) is 1.76. The lowest BCUT2D eigenvalue weighted by atomic mass is 9.96. The van der Waals surface area contributed by atoms with E-state index in [9.17, 15) is 9.59 Å². The molecular formula is C17H16O3. The molecule has 3 heteroatoms. The third-order valence-electron chi connectivity index (χ3n) is 3.24. The number of ether oxygens (including phenoxy) is 1. The van der Waals surface area contributed by atoms with E-state index in [0.29, 0.717) is 11.1 Å². The van der Waals surface area contributed by atoms with Crippen LogP contribution >= 0.6 is 0 Å². The van der Waals surface area contributed by atoms with E-state index in [0.717, 1.165) is 5.56 Å². The van der Waals surface area contributed by atoms with Gasteiger partial charge in [-0.05, 0) is 18.6 Å². The van der Waals surface area contributed by atoms with Crippen molar-refractivity contribution in [2.24, 2.45) is 0 Å². The van der Waals surface area contributed by atoms with Crippen molar-refractivity contribution in [3.63, 3.8) is 0 Å². The van der Waals surface area contributed by atoms with Gasteiger partial charge in [0.25, 0.3) is 0 Å². The van der Waals surface area contributed by atoms with Crippen molar-refractivity contribution in [3.8, 4) is 0 Å². The molecule has 0 N–H and O–H groups in total. The Hall–Kier alpha value is -2.42. The summed E-state index contributed by atoms with van der Waals surface area (Å²) < 4.78 is 4.73. The number of rotatable bonds is 4. The van der Waals surface area contributed by atoms with E-state index in [4.69, 9.17) is 4.74 Å². The first kappa shape index (κ1) is 14.0. The van der Waals surface area contributed by atoms with Crippen molar-refractivity contribution in [2.75, 3.05) is 7.11 Å². The molecule has 0 aliphatic rings. The van der Waals surface area contributed by atoms with E-state index >= 15 is 0 Å². The summed E-state index contributed by atoms with van der Waals surface area (Å²) in [6, 6.07) is 16.2. The normalized spacial score (nSPS) is 11.7. The van der Waals surface area contributed by atoms with Crippen LogP contribution in [0.15, 0.2) is 54.6 Å². The van der Waals surface area contributed by atoms with E-state index in [-0.39, 0.29) is 17.7 Å². The molecule has 0 saturated carbocycles. The first-order chi connectivity index (χ1) is 9.63. The highest BCUT2D eigenvalue weighted by Crippen LogP contribution is 2.19. The summed E-state index contributed by atoms with van der Waals surface area (Å²) in [5.74, 6) is -0.748. The lowest BCUT2D eigenvalue weighted by Crippen LogP contribution is -2.11. The molecule has 0 aliphatic carbocycles. The second-order valence-corrected chi connectivity index (χ2v) is 4.57. The van der Waals surface area contributed by atoms with Crippen LogP contribution in [0.1, 0.15) is 34.3 Å². The van der Waals surface area contributed by atoms with Crippen molar-refractivity contribution in [1.82, 2.24) is 0 Å². The molecule has 0 spiro atoms. The van der Waals surface area contributed by atoms with Crippen molar-refractivity contribution in [1.29, 1.82) is 0 Å². The number of hydrogen-bond donors (Lipinski definition) is 0. The Balaban J connectivity index is 2.31. The topological polar surface area (TPSA) is 43.4 Å². The average molecular weight is 268 g/mol. The van der Waals surface area contributed by atoms with Crippen LogP contribution in [0.3, 0.4) is 0 Å².